The highest BCUT2D eigenvalue weighted by Gasteiger charge is 2.16. The molecule has 19 heavy (non-hydrogen) atoms. The highest BCUT2D eigenvalue weighted by Crippen LogP contribution is 2.29. The van der Waals surface area contributed by atoms with Crippen molar-refractivity contribution in [3.05, 3.63) is 24.3 Å². The van der Waals surface area contributed by atoms with Gasteiger partial charge in [0.25, 0.3) is 0 Å². The Bertz CT molecular complexity index is 379. The number of nitrogen functional groups attached to an aromatic ring is 1. The van der Waals surface area contributed by atoms with Gasteiger partial charge in [0.2, 0.25) is 0 Å². The molecule has 0 aliphatic heterocycles. The molecule has 0 radical (unpaired) electrons. The summed E-state index contributed by atoms with van der Waals surface area (Å²) in [6, 6.07) is 7.18. The van der Waals surface area contributed by atoms with Crippen molar-refractivity contribution in [3.63, 3.8) is 0 Å². The zero-order valence-electron chi connectivity index (χ0n) is 11.3. The molecule has 1 fully saturated rings. The smallest absolute Gasteiger partial charge is 0.121 e. The lowest BCUT2D eigenvalue weighted by atomic mass is 9.83. The standard InChI is InChI=1S/C15H23NO3/c16-13-5-2-6-15(9-13)19-11-14(17)10-18-8-7-12-3-1-4-12/h2,5-6,9,12,14,17H,1,3-4,7-8,10-11,16H2. The molecule has 0 amide bonds. The molecular weight excluding hydrogens is 242 g/mol. The number of hydrogen-bond donors (Lipinski definition) is 2. The van der Waals surface area contributed by atoms with Crippen LogP contribution < -0.4 is 10.5 Å². The summed E-state index contributed by atoms with van der Waals surface area (Å²) in [5.74, 6) is 1.52. The Hall–Kier alpha value is -1.26. The quantitative estimate of drug-likeness (QED) is 0.559. The zero-order valence-corrected chi connectivity index (χ0v) is 11.3. The topological polar surface area (TPSA) is 64.7 Å². The predicted octanol–water partition coefficient (Wildman–Crippen LogP) is 2.22. The molecule has 1 saturated carbocycles. The van der Waals surface area contributed by atoms with Crippen LogP contribution in [0, 0.1) is 5.92 Å². The Morgan fingerprint density at radius 1 is 1.32 bits per heavy atom. The molecule has 1 aliphatic carbocycles. The molecule has 4 heteroatoms. The maximum Gasteiger partial charge on any atom is 0.121 e. The predicted molar refractivity (Wildman–Crippen MR) is 75.1 cm³/mol. The molecule has 0 bridgehead atoms. The minimum atomic E-state index is -0.595. The van der Waals surface area contributed by atoms with Gasteiger partial charge in [-0.15, -0.1) is 0 Å². The SMILES string of the molecule is Nc1cccc(OCC(O)COCCC2CCC2)c1. The van der Waals surface area contributed by atoms with Gasteiger partial charge in [-0.3, -0.25) is 0 Å². The molecule has 1 atom stereocenters. The Morgan fingerprint density at radius 2 is 2.16 bits per heavy atom. The Morgan fingerprint density at radius 3 is 2.84 bits per heavy atom. The van der Waals surface area contributed by atoms with E-state index in [1.807, 2.05) is 12.1 Å². The van der Waals surface area contributed by atoms with Crippen LogP contribution in [0.2, 0.25) is 0 Å². The Labute approximate surface area is 114 Å². The van der Waals surface area contributed by atoms with Crippen LogP contribution in [0.4, 0.5) is 5.69 Å². The van der Waals surface area contributed by atoms with Gasteiger partial charge in [-0.2, -0.15) is 0 Å². The Balaban J connectivity index is 1.54. The summed E-state index contributed by atoms with van der Waals surface area (Å²) >= 11 is 0. The minimum Gasteiger partial charge on any atom is -0.491 e. The molecule has 0 saturated heterocycles. The third-order valence-electron chi connectivity index (χ3n) is 3.51. The summed E-state index contributed by atoms with van der Waals surface area (Å²) in [6.07, 6.45) is 4.56. The van der Waals surface area contributed by atoms with Crippen molar-refractivity contribution in [2.45, 2.75) is 31.8 Å². The Kier molecular flexibility index (Phi) is 5.48. The van der Waals surface area contributed by atoms with Crippen molar-refractivity contribution in [1.29, 1.82) is 0 Å². The lowest BCUT2D eigenvalue weighted by Crippen LogP contribution is -2.24. The minimum absolute atomic E-state index is 0.229. The van der Waals surface area contributed by atoms with Crippen LogP contribution in [-0.4, -0.2) is 31.0 Å². The maximum absolute atomic E-state index is 9.73. The molecule has 1 aromatic rings. The summed E-state index contributed by atoms with van der Waals surface area (Å²) in [6.45, 7) is 1.29. The van der Waals surface area contributed by atoms with Crippen LogP contribution >= 0.6 is 0 Å². The molecule has 1 aliphatic rings. The fourth-order valence-corrected chi connectivity index (χ4v) is 2.10. The van der Waals surface area contributed by atoms with Gasteiger partial charge in [0, 0.05) is 18.4 Å². The van der Waals surface area contributed by atoms with E-state index in [0.29, 0.717) is 18.0 Å². The van der Waals surface area contributed by atoms with Gasteiger partial charge in [-0.25, -0.2) is 0 Å². The fourth-order valence-electron chi connectivity index (χ4n) is 2.10. The second-order valence-corrected chi connectivity index (χ2v) is 5.20. The highest BCUT2D eigenvalue weighted by atomic mass is 16.5. The molecule has 2 rings (SSSR count). The maximum atomic E-state index is 9.73. The van der Waals surface area contributed by atoms with Crippen molar-refractivity contribution in [3.8, 4) is 5.75 Å². The molecular formula is C15H23NO3. The molecule has 1 aromatic carbocycles. The van der Waals surface area contributed by atoms with Gasteiger partial charge in [0.05, 0.1) is 6.61 Å². The summed E-state index contributed by atoms with van der Waals surface area (Å²) in [7, 11) is 0. The summed E-state index contributed by atoms with van der Waals surface area (Å²) < 4.78 is 10.9. The fraction of sp³-hybridized carbons (Fsp3) is 0.600. The van der Waals surface area contributed by atoms with E-state index in [1.165, 1.54) is 19.3 Å². The molecule has 0 heterocycles. The number of aliphatic hydroxyl groups is 1. The monoisotopic (exact) mass is 265 g/mol. The van der Waals surface area contributed by atoms with E-state index in [4.69, 9.17) is 15.2 Å². The molecule has 106 valence electrons. The van der Waals surface area contributed by atoms with Gasteiger partial charge >= 0.3 is 0 Å². The lowest BCUT2D eigenvalue weighted by Gasteiger charge is -2.25. The van der Waals surface area contributed by atoms with Crippen molar-refractivity contribution >= 4 is 5.69 Å². The zero-order chi connectivity index (χ0) is 13.5. The van der Waals surface area contributed by atoms with E-state index in [0.717, 1.165) is 18.9 Å². The van der Waals surface area contributed by atoms with E-state index in [9.17, 15) is 5.11 Å². The van der Waals surface area contributed by atoms with Crippen molar-refractivity contribution in [2.24, 2.45) is 5.92 Å². The molecule has 4 nitrogen and oxygen atoms in total. The van der Waals surface area contributed by atoms with E-state index in [2.05, 4.69) is 0 Å². The first-order valence-electron chi connectivity index (χ1n) is 6.98. The average molecular weight is 265 g/mol. The van der Waals surface area contributed by atoms with Gasteiger partial charge in [0.15, 0.2) is 0 Å². The lowest BCUT2D eigenvalue weighted by molar-refractivity contribution is 0.00561. The second-order valence-electron chi connectivity index (χ2n) is 5.20. The van der Waals surface area contributed by atoms with Crippen molar-refractivity contribution < 1.29 is 14.6 Å². The third kappa shape index (κ3) is 5.09. The van der Waals surface area contributed by atoms with E-state index in [-0.39, 0.29) is 6.61 Å². The van der Waals surface area contributed by atoms with Crippen LogP contribution in [-0.2, 0) is 4.74 Å². The van der Waals surface area contributed by atoms with Gasteiger partial charge in [0.1, 0.15) is 18.5 Å². The number of benzene rings is 1. The number of hydrogen-bond acceptors (Lipinski definition) is 4. The van der Waals surface area contributed by atoms with Crippen molar-refractivity contribution in [2.75, 3.05) is 25.6 Å². The van der Waals surface area contributed by atoms with Gasteiger partial charge in [-0.1, -0.05) is 25.3 Å². The molecule has 0 aromatic heterocycles. The summed E-state index contributed by atoms with van der Waals surface area (Å²) in [5.41, 5.74) is 6.30. The molecule has 3 N–H and O–H groups in total. The van der Waals surface area contributed by atoms with Gasteiger partial charge < -0.3 is 20.3 Å². The first-order chi connectivity index (χ1) is 9.24. The second kappa shape index (κ2) is 7.36. The molecule has 1 unspecified atom stereocenters. The van der Waals surface area contributed by atoms with Crippen LogP contribution in [0.15, 0.2) is 24.3 Å². The van der Waals surface area contributed by atoms with Crippen LogP contribution in [0.3, 0.4) is 0 Å². The summed E-state index contributed by atoms with van der Waals surface area (Å²) in [4.78, 5) is 0. The first-order valence-corrected chi connectivity index (χ1v) is 6.98. The average Bonchev–Trinajstić information content (AvgIpc) is 2.34. The van der Waals surface area contributed by atoms with Crippen LogP contribution in [0.25, 0.3) is 0 Å². The van der Waals surface area contributed by atoms with Crippen LogP contribution in [0.5, 0.6) is 5.75 Å². The number of rotatable bonds is 8. The van der Waals surface area contributed by atoms with E-state index >= 15 is 0 Å². The largest absolute Gasteiger partial charge is 0.491 e. The normalized spacial score (nSPS) is 16.9. The van der Waals surface area contributed by atoms with E-state index in [1.54, 1.807) is 12.1 Å². The number of nitrogens with two attached hydrogens (primary N) is 1. The molecule has 0 spiro atoms. The third-order valence-corrected chi connectivity index (χ3v) is 3.51. The van der Waals surface area contributed by atoms with Gasteiger partial charge in [-0.05, 0) is 24.5 Å². The van der Waals surface area contributed by atoms with Crippen molar-refractivity contribution in [1.82, 2.24) is 0 Å². The summed E-state index contributed by atoms with van der Waals surface area (Å²) in [5, 5.41) is 9.73. The number of ether oxygens (including phenoxy) is 2. The number of aliphatic hydroxyl groups excluding tert-OH is 1. The number of anilines is 1. The highest BCUT2D eigenvalue weighted by molar-refractivity contribution is 5.43. The van der Waals surface area contributed by atoms with Crippen LogP contribution in [0.1, 0.15) is 25.7 Å². The van der Waals surface area contributed by atoms with E-state index < -0.39 is 6.10 Å². The first kappa shape index (κ1) is 14.2.